The van der Waals surface area contributed by atoms with E-state index in [1.165, 1.54) is 0 Å². The third-order valence-corrected chi connectivity index (χ3v) is 3.96. The van der Waals surface area contributed by atoms with E-state index < -0.39 is 0 Å². The molecule has 0 aliphatic heterocycles. The van der Waals surface area contributed by atoms with Crippen molar-refractivity contribution in [3.8, 4) is 11.5 Å². The number of oxazole rings is 1. The largest absolute Gasteiger partial charge is 0.441 e. The van der Waals surface area contributed by atoms with E-state index in [0.29, 0.717) is 22.4 Å². The highest BCUT2D eigenvalue weighted by molar-refractivity contribution is 6.30. The van der Waals surface area contributed by atoms with Crippen molar-refractivity contribution in [2.75, 3.05) is 0 Å². The first-order chi connectivity index (χ1) is 11.5. The van der Waals surface area contributed by atoms with E-state index in [1.54, 1.807) is 13.0 Å². The predicted molar refractivity (Wildman–Crippen MR) is 94.0 cm³/mol. The molecule has 1 unspecified atom stereocenters. The summed E-state index contributed by atoms with van der Waals surface area (Å²) in [6.07, 6.45) is 0. The Morgan fingerprint density at radius 3 is 2.62 bits per heavy atom. The quantitative estimate of drug-likeness (QED) is 0.742. The third-order valence-electron chi connectivity index (χ3n) is 3.73. The molecule has 4 nitrogen and oxygen atoms in total. The van der Waals surface area contributed by atoms with Gasteiger partial charge in [0.25, 0.3) is 5.91 Å². The maximum atomic E-state index is 12.5. The van der Waals surface area contributed by atoms with Crippen molar-refractivity contribution < 1.29 is 9.21 Å². The van der Waals surface area contributed by atoms with Crippen molar-refractivity contribution >= 4 is 17.5 Å². The van der Waals surface area contributed by atoms with Gasteiger partial charge in [0, 0.05) is 10.6 Å². The molecule has 0 bridgehead atoms. The van der Waals surface area contributed by atoms with E-state index in [-0.39, 0.29) is 11.9 Å². The zero-order valence-corrected chi connectivity index (χ0v) is 14.2. The molecule has 1 atom stereocenters. The van der Waals surface area contributed by atoms with Crippen LogP contribution in [0.3, 0.4) is 0 Å². The summed E-state index contributed by atoms with van der Waals surface area (Å²) in [7, 11) is 0. The lowest BCUT2D eigenvalue weighted by Crippen LogP contribution is -2.27. The maximum Gasteiger partial charge on any atom is 0.274 e. The molecule has 1 aromatic heterocycles. The first-order valence-corrected chi connectivity index (χ1v) is 8.01. The number of rotatable bonds is 4. The monoisotopic (exact) mass is 340 g/mol. The lowest BCUT2D eigenvalue weighted by atomic mass is 10.1. The van der Waals surface area contributed by atoms with Gasteiger partial charge in [-0.2, -0.15) is 0 Å². The van der Waals surface area contributed by atoms with Gasteiger partial charge in [-0.05, 0) is 43.7 Å². The van der Waals surface area contributed by atoms with Crippen LogP contribution >= 0.6 is 11.6 Å². The van der Waals surface area contributed by atoms with Gasteiger partial charge in [-0.15, -0.1) is 0 Å². The number of nitrogens with one attached hydrogen (secondary N) is 1. The number of hydrogen-bond donors (Lipinski definition) is 1. The summed E-state index contributed by atoms with van der Waals surface area (Å²) in [4.78, 5) is 16.9. The van der Waals surface area contributed by atoms with E-state index in [0.717, 1.165) is 11.1 Å². The third kappa shape index (κ3) is 3.49. The highest BCUT2D eigenvalue weighted by atomic mass is 35.5. The lowest BCUT2D eigenvalue weighted by molar-refractivity contribution is 0.0934. The average molecular weight is 341 g/mol. The molecule has 3 rings (SSSR count). The SMILES string of the molecule is Cc1oc(-c2ccccc2)nc1C(=O)NC(C)c1cccc(Cl)c1. The molecule has 1 N–H and O–H groups in total. The second-order valence-corrected chi connectivity index (χ2v) is 5.98. The smallest absolute Gasteiger partial charge is 0.274 e. The van der Waals surface area contributed by atoms with Crippen LogP contribution in [-0.2, 0) is 0 Å². The summed E-state index contributed by atoms with van der Waals surface area (Å²) < 4.78 is 5.64. The zero-order chi connectivity index (χ0) is 17.1. The number of carbonyl (C=O) groups is 1. The molecule has 0 saturated heterocycles. The minimum Gasteiger partial charge on any atom is -0.441 e. The summed E-state index contributed by atoms with van der Waals surface area (Å²) in [5, 5.41) is 3.56. The van der Waals surface area contributed by atoms with Crippen LogP contribution in [0.4, 0.5) is 0 Å². The highest BCUT2D eigenvalue weighted by Gasteiger charge is 2.20. The molecule has 0 fully saturated rings. The van der Waals surface area contributed by atoms with Gasteiger partial charge < -0.3 is 9.73 Å². The molecule has 5 heteroatoms. The molecular formula is C19H17ClN2O2. The van der Waals surface area contributed by atoms with Gasteiger partial charge in [-0.25, -0.2) is 4.98 Å². The van der Waals surface area contributed by atoms with Gasteiger partial charge in [-0.1, -0.05) is 41.9 Å². The number of halogens is 1. The van der Waals surface area contributed by atoms with Crippen molar-refractivity contribution in [3.05, 3.63) is 76.6 Å². The number of aromatic nitrogens is 1. The summed E-state index contributed by atoms with van der Waals surface area (Å²) in [6, 6.07) is 16.7. The van der Waals surface area contributed by atoms with E-state index in [9.17, 15) is 4.79 Å². The number of nitrogens with zero attached hydrogens (tertiary/aromatic N) is 1. The van der Waals surface area contributed by atoms with Crippen LogP contribution in [0.2, 0.25) is 5.02 Å². The van der Waals surface area contributed by atoms with Gasteiger partial charge in [0.1, 0.15) is 5.76 Å². The molecule has 1 heterocycles. The molecule has 0 aliphatic rings. The fraction of sp³-hybridized carbons (Fsp3) is 0.158. The Morgan fingerprint density at radius 1 is 1.17 bits per heavy atom. The van der Waals surface area contributed by atoms with Gasteiger partial charge in [-0.3, -0.25) is 4.79 Å². The zero-order valence-electron chi connectivity index (χ0n) is 13.4. The summed E-state index contributed by atoms with van der Waals surface area (Å²) >= 11 is 6.00. The van der Waals surface area contributed by atoms with Crippen molar-refractivity contribution in [1.29, 1.82) is 0 Å². The summed E-state index contributed by atoms with van der Waals surface area (Å²) in [6.45, 7) is 3.63. The number of hydrogen-bond acceptors (Lipinski definition) is 3. The Kier molecular flexibility index (Phi) is 4.67. The van der Waals surface area contributed by atoms with E-state index >= 15 is 0 Å². The van der Waals surface area contributed by atoms with Crippen molar-refractivity contribution in [2.45, 2.75) is 19.9 Å². The second kappa shape index (κ2) is 6.89. The Bertz CT molecular complexity index is 859. The molecule has 24 heavy (non-hydrogen) atoms. The molecule has 0 spiro atoms. The first kappa shape index (κ1) is 16.3. The van der Waals surface area contributed by atoms with Crippen LogP contribution in [0.5, 0.6) is 0 Å². The van der Waals surface area contributed by atoms with Crippen LogP contribution in [0, 0.1) is 6.92 Å². The lowest BCUT2D eigenvalue weighted by Gasteiger charge is -2.13. The molecule has 122 valence electrons. The minimum absolute atomic E-state index is 0.188. The van der Waals surface area contributed by atoms with E-state index in [1.807, 2.05) is 55.5 Å². The molecular weight excluding hydrogens is 324 g/mol. The van der Waals surface area contributed by atoms with Gasteiger partial charge in [0.15, 0.2) is 5.69 Å². The van der Waals surface area contributed by atoms with Crippen LogP contribution in [0.25, 0.3) is 11.5 Å². The normalized spacial score (nSPS) is 12.0. The summed E-state index contributed by atoms with van der Waals surface area (Å²) in [5.41, 5.74) is 2.06. The number of carbonyl (C=O) groups excluding carboxylic acids is 1. The Balaban J connectivity index is 1.79. The second-order valence-electron chi connectivity index (χ2n) is 5.54. The number of aryl methyl sites for hydroxylation is 1. The molecule has 3 aromatic rings. The predicted octanol–water partition coefficient (Wildman–Crippen LogP) is 4.79. The first-order valence-electron chi connectivity index (χ1n) is 7.64. The fourth-order valence-corrected chi connectivity index (χ4v) is 2.63. The number of benzene rings is 2. The Hall–Kier alpha value is -2.59. The summed E-state index contributed by atoms with van der Waals surface area (Å²) in [5.74, 6) is 0.657. The highest BCUT2D eigenvalue weighted by Crippen LogP contribution is 2.22. The Labute approximate surface area is 145 Å². The average Bonchev–Trinajstić information content (AvgIpc) is 2.97. The van der Waals surface area contributed by atoms with Crippen LogP contribution in [0.15, 0.2) is 59.0 Å². The van der Waals surface area contributed by atoms with Crippen molar-refractivity contribution in [1.82, 2.24) is 10.3 Å². The van der Waals surface area contributed by atoms with Crippen LogP contribution in [-0.4, -0.2) is 10.9 Å². The topological polar surface area (TPSA) is 55.1 Å². The van der Waals surface area contributed by atoms with Gasteiger partial charge in [0.2, 0.25) is 5.89 Å². The van der Waals surface area contributed by atoms with E-state index in [4.69, 9.17) is 16.0 Å². The van der Waals surface area contributed by atoms with Crippen molar-refractivity contribution in [2.24, 2.45) is 0 Å². The molecule has 0 radical (unpaired) electrons. The van der Waals surface area contributed by atoms with Crippen LogP contribution in [0.1, 0.15) is 34.8 Å². The minimum atomic E-state index is -0.272. The van der Waals surface area contributed by atoms with Gasteiger partial charge in [0.05, 0.1) is 6.04 Å². The van der Waals surface area contributed by atoms with E-state index in [2.05, 4.69) is 10.3 Å². The fourth-order valence-electron chi connectivity index (χ4n) is 2.44. The maximum absolute atomic E-state index is 12.5. The Morgan fingerprint density at radius 2 is 1.92 bits per heavy atom. The standard InChI is InChI=1S/C19H17ClN2O2/c1-12(15-9-6-10-16(20)11-15)21-18(23)17-13(2)24-19(22-17)14-7-4-3-5-8-14/h3-12H,1-2H3,(H,21,23). The molecule has 2 aromatic carbocycles. The number of amides is 1. The molecule has 1 amide bonds. The molecule has 0 aliphatic carbocycles. The van der Waals surface area contributed by atoms with Gasteiger partial charge >= 0.3 is 0 Å². The molecule has 0 saturated carbocycles. The van der Waals surface area contributed by atoms with Crippen LogP contribution < -0.4 is 5.32 Å². The van der Waals surface area contributed by atoms with Crippen molar-refractivity contribution in [3.63, 3.8) is 0 Å².